The van der Waals surface area contributed by atoms with E-state index in [0.717, 1.165) is 25.1 Å². The maximum absolute atomic E-state index is 13.8. The Morgan fingerprint density at radius 1 is 1.50 bits per heavy atom. The fourth-order valence-corrected chi connectivity index (χ4v) is 2.45. The van der Waals surface area contributed by atoms with Crippen molar-refractivity contribution >= 4 is 0 Å². The molecule has 0 aliphatic carbocycles. The van der Waals surface area contributed by atoms with Gasteiger partial charge in [0.1, 0.15) is 11.6 Å². The maximum Gasteiger partial charge on any atom is 0.131 e. The third-order valence-electron chi connectivity index (χ3n) is 3.78. The Labute approximate surface area is 108 Å². The summed E-state index contributed by atoms with van der Waals surface area (Å²) in [5.41, 5.74) is 6.68. The zero-order valence-electron chi connectivity index (χ0n) is 11.1. The molecule has 0 bridgehead atoms. The van der Waals surface area contributed by atoms with Crippen LogP contribution in [0, 0.1) is 11.2 Å². The van der Waals surface area contributed by atoms with E-state index in [9.17, 15) is 4.39 Å². The van der Waals surface area contributed by atoms with Crippen LogP contribution in [0.25, 0.3) is 0 Å². The Morgan fingerprint density at radius 3 is 2.83 bits per heavy atom. The number of ether oxygens (including phenoxy) is 1. The van der Waals surface area contributed by atoms with Gasteiger partial charge >= 0.3 is 0 Å². The Bertz CT molecular complexity index is 424. The lowest BCUT2D eigenvalue weighted by Gasteiger charge is -2.22. The smallest absolute Gasteiger partial charge is 0.131 e. The van der Waals surface area contributed by atoms with Gasteiger partial charge < -0.3 is 10.5 Å². The molecular weight excluding hydrogens is 231 g/mol. The molecule has 100 valence electrons. The second-order valence-electron chi connectivity index (χ2n) is 5.43. The molecule has 2 rings (SSSR count). The van der Waals surface area contributed by atoms with Crippen molar-refractivity contribution in [3.8, 4) is 5.75 Å². The maximum atomic E-state index is 13.8. The molecule has 0 radical (unpaired) electrons. The molecule has 1 aliphatic heterocycles. The van der Waals surface area contributed by atoms with E-state index in [4.69, 9.17) is 10.5 Å². The molecule has 1 aromatic rings. The standard InChI is InChI=1S/C14H21FN2O/c1-14(9-16)5-6-17(10-14)8-11-3-4-12(18-2)7-13(11)15/h3-4,7H,5-6,8-10,16H2,1-2H3. The second-order valence-corrected chi connectivity index (χ2v) is 5.43. The monoisotopic (exact) mass is 252 g/mol. The zero-order valence-corrected chi connectivity index (χ0v) is 11.1. The van der Waals surface area contributed by atoms with Gasteiger partial charge in [0.2, 0.25) is 0 Å². The summed E-state index contributed by atoms with van der Waals surface area (Å²) in [4.78, 5) is 2.26. The Kier molecular flexibility index (Phi) is 3.88. The van der Waals surface area contributed by atoms with Crippen molar-refractivity contribution in [2.24, 2.45) is 11.1 Å². The van der Waals surface area contributed by atoms with E-state index in [2.05, 4.69) is 11.8 Å². The van der Waals surface area contributed by atoms with Crippen LogP contribution in [-0.2, 0) is 6.54 Å². The first kappa shape index (κ1) is 13.3. The van der Waals surface area contributed by atoms with Gasteiger partial charge in [-0.15, -0.1) is 0 Å². The molecule has 1 aromatic carbocycles. The van der Waals surface area contributed by atoms with Gasteiger partial charge in [0, 0.05) is 24.7 Å². The van der Waals surface area contributed by atoms with Gasteiger partial charge in [-0.25, -0.2) is 4.39 Å². The highest BCUT2D eigenvalue weighted by atomic mass is 19.1. The average molecular weight is 252 g/mol. The summed E-state index contributed by atoms with van der Waals surface area (Å²) in [6.45, 7) is 5.45. The molecule has 1 fully saturated rings. The van der Waals surface area contributed by atoms with Gasteiger partial charge in [-0.3, -0.25) is 4.90 Å². The number of likely N-dealkylation sites (tertiary alicyclic amines) is 1. The summed E-state index contributed by atoms with van der Waals surface area (Å²) in [7, 11) is 1.54. The molecule has 1 heterocycles. The largest absolute Gasteiger partial charge is 0.497 e. The molecule has 3 nitrogen and oxygen atoms in total. The van der Waals surface area contributed by atoms with Crippen LogP contribution in [0.3, 0.4) is 0 Å². The summed E-state index contributed by atoms with van der Waals surface area (Å²) in [5.74, 6) is 0.361. The topological polar surface area (TPSA) is 38.5 Å². The van der Waals surface area contributed by atoms with Gasteiger partial charge in [0.25, 0.3) is 0 Å². The van der Waals surface area contributed by atoms with Crippen LogP contribution in [0.5, 0.6) is 5.75 Å². The Balaban J connectivity index is 2.02. The Hall–Kier alpha value is -1.13. The van der Waals surface area contributed by atoms with Crippen molar-refractivity contribution < 1.29 is 9.13 Å². The molecule has 0 amide bonds. The first-order valence-electron chi connectivity index (χ1n) is 6.31. The van der Waals surface area contributed by atoms with Gasteiger partial charge in [-0.2, -0.15) is 0 Å². The number of hydrogen-bond acceptors (Lipinski definition) is 3. The van der Waals surface area contributed by atoms with Gasteiger partial charge in [-0.1, -0.05) is 13.0 Å². The van der Waals surface area contributed by atoms with Crippen LogP contribution in [-0.4, -0.2) is 31.6 Å². The quantitative estimate of drug-likeness (QED) is 0.891. The average Bonchev–Trinajstić information content (AvgIpc) is 2.74. The minimum Gasteiger partial charge on any atom is -0.497 e. The fourth-order valence-electron chi connectivity index (χ4n) is 2.45. The number of rotatable bonds is 4. The van der Waals surface area contributed by atoms with Gasteiger partial charge in [-0.05, 0) is 31.0 Å². The van der Waals surface area contributed by atoms with Crippen LogP contribution >= 0.6 is 0 Å². The van der Waals surface area contributed by atoms with Crippen molar-refractivity contribution in [2.75, 3.05) is 26.7 Å². The molecule has 1 unspecified atom stereocenters. The van der Waals surface area contributed by atoms with E-state index >= 15 is 0 Å². The molecule has 0 aromatic heterocycles. The zero-order chi connectivity index (χ0) is 13.2. The molecule has 18 heavy (non-hydrogen) atoms. The normalized spacial score (nSPS) is 24.4. The van der Waals surface area contributed by atoms with Crippen molar-refractivity contribution in [1.82, 2.24) is 4.90 Å². The predicted molar refractivity (Wildman–Crippen MR) is 70.0 cm³/mol. The fraction of sp³-hybridized carbons (Fsp3) is 0.571. The molecular formula is C14H21FN2O. The molecule has 1 saturated heterocycles. The van der Waals surface area contributed by atoms with Crippen molar-refractivity contribution in [2.45, 2.75) is 19.9 Å². The third kappa shape index (κ3) is 2.82. The predicted octanol–water partition coefficient (Wildman–Crippen LogP) is 2.00. The molecule has 0 spiro atoms. The summed E-state index contributed by atoms with van der Waals surface area (Å²) in [6, 6.07) is 5.04. The molecule has 0 saturated carbocycles. The van der Waals surface area contributed by atoms with Crippen LogP contribution in [0.15, 0.2) is 18.2 Å². The van der Waals surface area contributed by atoms with Crippen LogP contribution in [0.1, 0.15) is 18.9 Å². The van der Waals surface area contributed by atoms with Gasteiger partial charge in [0.05, 0.1) is 7.11 Å². The minimum atomic E-state index is -0.198. The van der Waals surface area contributed by atoms with Gasteiger partial charge in [0.15, 0.2) is 0 Å². The number of benzene rings is 1. The highest BCUT2D eigenvalue weighted by Gasteiger charge is 2.32. The van der Waals surface area contributed by atoms with E-state index in [-0.39, 0.29) is 11.2 Å². The van der Waals surface area contributed by atoms with E-state index in [1.54, 1.807) is 19.2 Å². The first-order valence-corrected chi connectivity index (χ1v) is 6.31. The minimum absolute atomic E-state index is 0.183. The molecule has 2 N–H and O–H groups in total. The lowest BCUT2D eigenvalue weighted by atomic mass is 9.90. The highest BCUT2D eigenvalue weighted by molar-refractivity contribution is 5.28. The van der Waals surface area contributed by atoms with E-state index < -0.39 is 0 Å². The lowest BCUT2D eigenvalue weighted by Crippen LogP contribution is -2.31. The van der Waals surface area contributed by atoms with Crippen LogP contribution < -0.4 is 10.5 Å². The van der Waals surface area contributed by atoms with E-state index in [1.807, 2.05) is 0 Å². The SMILES string of the molecule is COc1ccc(CN2CCC(C)(CN)C2)c(F)c1. The number of methoxy groups -OCH3 is 1. The van der Waals surface area contributed by atoms with Crippen LogP contribution in [0.4, 0.5) is 4.39 Å². The number of halogens is 1. The molecule has 1 aliphatic rings. The number of nitrogens with zero attached hydrogens (tertiary/aromatic N) is 1. The summed E-state index contributed by atoms with van der Waals surface area (Å²) >= 11 is 0. The number of nitrogens with two attached hydrogens (primary N) is 1. The molecule has 4 heteroatoms. The van der Waals surface area contributed by atoms with E-state index in [1.165, 1.54) is 6.07 Å². The van der Waals surface area contributed by atoms with E-state index in [0.29, 0.717) is 18.8 Å². The Morgan fingerprint density at radius 2 is 2.28 bits per heavy atom. The summed E-state index contributed by atoms with van der Waals surface area (Å²) < 4.78 is 18.8. The second kappa shape index (κ2) is 5.24. The summed E-state index contributed by atoms with van der Waals surface area (Å²) in [6.07, 6.45) is 1.08. The van der Waals surface area contributed by atoms with Crippen molar-refractivity contribution in [1.29, 1.82) is 0 Å². The first-order chi connectivity index (χ1) is 8.56. The molecule has 1 atom stereocenters. The summed E-state index contributed by atoms with van der Waals surface area (Å²) in [5, 5.41) is 0. The van der Waals surface area contributed by atoms with Crippen molar-refractivity contribution in [3.05, 3.63) is 29.6 Å². The third-order valence-corrected chi connectivity index (χ3v) is 3.78. The number of hydrogen-bond donors (Lipinski definition) is 1. The van der Waals surface area contributed by atoms with Crippen LogP contribution in [0.2, 0.25) is 0 Å². The highest BCUT2D eigenvalue weighted by Crippen LogP contribution is 2.30. The van der Waals surface area contributed by atoms with Crippen molar-refractivity contribution in [3.63, 3.8) is 0 Å². The lowest BCUT2D eigenvalue weighted by molar-refractivity contribution is 0.271.